The molecule has 9 heteroatoms. The molecule has 0 saturated carbocycles. The van der Waals surface area contributed by atoms with Gasteiger partial charge in [-0.15, -0.1) is 0 Å². The molecule has 2 amide bonds. The number of anilines is 2. The lowest BCUT2D eigenvalue weighted by Crippen LogP contribution is -2.40. The van der Waals surface area contributed by atoms with Crippen LogP contribution >= 0.6 is 0 Å². The maximum absolute atomic E-state index is 13.3. The van der Waals surface area contributed by atoms with Crippen LogP contribution < -0.4 is 11.1 Å². The maximum atomic E-state index is 13.3. The molecule has 1 aromatic carbocycles. The molecule has 4 rings (SSSR count). The molecule has 0 atom stereocenters. The maximum Gasteiger partial charge on any atom is 0.259 e. The lowest BCUT2D eigenvalue weighted by Gasteiger charge is -2.29. The van der Waals surface area contributed by atoms with Gasteiger partial charge in [-0.3, -0.25) is 9.59 Å². The minimum absolute atomic E-state index is 0.0142. The van der Waals surface area contributed by atoms with Crippen LogP contribution in [-0.2, 0) is 17.7 Å². The molecule has 32 heavy (non-hydrogen) atoms. The second kappa shape index (κ2) is 9.95. The number of unbranched alkanes of at least 4 members (excludes halogenated alkanes) is 1. The summed E-state index contributed by atoms with van der Waals surface area (Å²) in [5.74, 6) is 0.616. The number of ether oxygens (including phenoxy) is 1. The van der Waals surface area contributed by atoms with Crippen LogP contribution in [0.5, 0.6) is 0 Å². The molecular formula is C23H30N6O3. The second-order valence-corrected chi connectivity index (χ2v) is 8.11. The summed E-state index contributed by atoms with van der Waals surface area (Å²) >= 11 is 0. The molecule has 3 heterocycles. The van der Waals surface area contributed by atoms with Crippen molar-refractivity contribution in [2.75, 3.05) is 50.4 Å². The Kier molecular flexibility index (Phi) is 6.84. The molecule has 0 spiro atoms. The zero-order valence-corrected chi connectivity index (χ0v) is 18.5. The standard InChI is InChI=1S/C23H30N6O3/c1-2-3-9-25-20-19-18(26-23(24)27-20)8-10-29(22(19)31)15-16-4-6-17(7-5-16)21(30)28-11-13-32-14-12-28/h4-7H,2-3,8-15H2,1H3,(H3,24,25,26,27). The fourth-order valence-corrected chi connectivity index (χ4v) is 4.02. The van der Waals surface area contributed by atoms with Gasteiger partial charge in [0.2, 0.25) is 5.95 Å². The molecule has 0 radical (unpaired) electrons. The van der Waals surface area contributed by atoms with Gasteiger partial charge in [-0.1, -0.05) is 25.5 Å². The minimum Gasteiger partial charge on any atom is -0.378 e. The van der Waals surface area contributed by atoms with E-state index in [4.69, 9.17) is 10.5 Å². The lowest BCUT2D eigenvalue weighted by molar-refractivity contribution is 0.0303. The summed E-state index contributed by atoms with van der Waals surface area (Å²) in [6.07, 6.45) is 2.65. The van der Waals surface area contributed by atoms with E-state index >= 15 is 0 Å². The van der Waals surface area contributed by atoms with Crippen LogP contribution in [0.25, 0.3) is 0 Å². The Balaban J connectivity index is 1.46. The number of rotatable bonds is 7. The number of fused-ring (bicyclic) bond motifs is 1. The number of benzene rings is 1. The molecule has 1 saturated heterocycles. The van der Waals surface area contributed by atoms with Crippen molar-refractivity contribution < 1.29 is 14.3 Å². The molecule has 1 aromatic heterocycles. The summed E-state index contributed by atoms with van der Waals surface area (Å²) in [5, 5.41) is 3.25. The summed E-state index contributed by atoms with van der Waals surface area (Å²) in [6.45, 7) is 6.24. The highest BCUT2D eigenvalue weighted by atomic mass is 16.5. The molecule has 0 bridgehead atoms. The molecular weight excluding hydrogens is 408 g/mol. The third kappa shape index (κ3) is 4.83. The van der Waals surface area contributed by atoms with Crippen LogP contribution in [0.15, 0.2) is 24.3 Å². The number of nitrogens with zero attached hydrogens (tertiary/aromatic N) is 4. The van der Waals surface area contributed by atoms with Crippen LogP contribution in [0.3, 0.4) is 0 Å². The fourth-order valence-electron chi connectivity index (χ4n) is 4.02. The first-order chi connectivity index (χ1) is 15.6. The molecule has 0 unspecified atom stereocenters. The van der Waals surface area contributed by atoms with Crippen molar-refractivity contribution in [2.24, 2.45) is 0 Å². The number of nitrogens with one attached hydrogen (secondary N) is 1. The first kappa shape index (κ1) is 22.0. The summed E-state index contributed by atoms with van der Waals surface area (Å²) in [4.78, 5) is 38.1. The summed E-state index contributed by atoms with van der Waals surface area (Å²) in [7, 11) is 0. The van der Waals surface area contributed by atoms with Crippen LogP contribution in [0.1, 0.15) is 51.7 Å². The van der Waals surface area contributed by atoms with Gasteiger partial charge < -0.3 is 25.6 Å². The Morgan fingerprint density at radius 3 is 2.62 bits per heavy atom. The quantitative estimate of drug-likeness (QED) is 0.635. The van der Waals surface area contributed by atoms with Crippen LogP contribution in [0, 0.1) is 0 Å². The van der Waals surface area contributed by atoms with Crippen molar-refractivity contribution in [3.63, 3.8) is 0 Å². The predicted octanol–water partition coefficient (Wildman–Crippen LogP) is 1.94. The predicted molar refractivity (Wildman–Crippen MR) is 121 cm³/mol. The Bertz CT molecular complexity index is 972. The number of nitrogen functional groups attached to an aromatic ring is 1. The number of aromatic nitrogens is 2. The molecule has 0 aliphatic carbocycles. The second-order valence-electron chi connectivity index (χ2n) is 8.11. The topological polar surface area (TPSA) is 114 Å². The average molecular weight is 439 g/mol. The van der Waals surface area contributed by atoms with Gasteiger partial charge in [0.1, 0.15) is 11.4 Å². The normalized spacial score (nSPS) is 16.1. The molecule has 2 aromatic rings. The van der Waals surface area contributed by atoms with Gasteiger partial charge in [0.15, 0.2) is 0 Å². The zero-order chi connectivity index (χ0) is 22.5. The molecule has 9 nitrogen and oxygen atoms in total. The number of carbonyl (C=O) groups is 2. The Labute approximate surface area is 188 Å². The lowest BCUT2D eigenvalue weighted by atomic mass is 10.0. The van der Waals surface area contributed by atoms with Crippen LogP contribution in [0.4, 0.5) is 11.8 Å². The zero-order valence-electron chi connectivity index (χ0n) is 18.5. The summed E-state index contributed by atoms with van der Waals surface area (Å²) in [6, 6.07) is 7.49. The number of hydrogen-bond acceptors (Lipinski definition) is 7. The third-order valence-corrected chi connectivity index (χ3v) is 5.82. The van der Waals surface area contributed by atoms with Crippen LogP contribution in [-0.4, -0.2) is 71.0 Å². The van der Waals surface area contributed by atoms with E-state index in [-0.39, 0.29) is 17.8 Å². The largest absolute Gasteiger partial charge is 0.378 e. The van der Waals surface area contributed by atoms with Crippen molar-refractivity contribution in [3.05, 3.63) is 46.6 Å². The summed E-state index contributed by atoms with van der Waals surface area (Å²) < 4.78 is 5.32. The van der Waals surface area contributed by atoms with Crippen molar-refractivity contribution in [1.29, 1.82) is 0 Å². The Morgan fingerprint density at radius 2 is 1.91 bits per heavy atom. The van der Waals surface area contributed by atoms with Gasteiger partial charge in [-0.25, -0.2) is 4.98 Å². The number of morpholine rings is 1. The van der Waals surface area contributed by atoms with Gasteiger partial charge in [-0.2, -0.15) is 4.98 Å². The smallest absolute Gasteiger partial charge is 0.259 e. The monoisotopic (exact) mass is 438 g/mol. The van der Waals surface area contributed by atoms with Gasteiger partial charge >= 0.3 is 0 Å². The molecule has 3 N–H and O–H groups in total. The first-order valence-corrected chi connectivity index (χ1v) is 11.2. The Morgan fingerprint density at radius 1 is 1.16 bits per heavy atom. The summed E-state index contributed by atoms with van der Waals surface area (Å²) in [5.41, 5.74) is 8.69. The fraction of sp³-hybridized carbons (Fsp3) is 0.478. The highest BCUT2D eigenvalue weighted by Crippen LogP contribution is 2.26. The van der Waals surface area contributed by atoms with E-state index in [1.807, 2.05) is 29.2 Å². The van der Waals surface area contributed by atoms with E-state index in [1.54, 1.807) is 4.90 Å². The van der Waals surface area contributed by atoms with E-state index < -0.39 is 0 Å². The molecule has 2 aliphatic heterocycles. The van der Waals surface area contributed by atoms with Crippen LogP contribution in [0.2, 0.25) is 0 Å². The van der Waals surface area contributed by atoms with E-state index in [0.29, 0.717) is 68.5 Å². The van der Waals surface area contributed by atoms with E-state index in [0.717, 1.165) is 24.9 Å². The number of hydrogen-bond donors (Lipinski definition) is 2. The van der Waals surface area contributed by atoms with E-state index in [1.165, 1.54) is 0 Å². The van der Waals surface area contributed by atoms with Gasteiger partial charge in [-0.05, 0) is 24.1 Å². The first-order valence-electron chi connectivity index (χ1n) is 11.2. The van der Waals surface area contributed by atoms with Crippen molar-refractivity contribution in [1.82, 2.24) is 19.8 Å². The number of carbonyl (C=O) groups excluding carboxylic acids is 2. The SMILES string of the molecule is CCCCNc1nc(N)nc2c1C(=O)N(Cc1ccc(C(=O)N3CCOCC3)cc1)CC2. The number of amides is 2. The van der Waals surface area contributed by atoms with Crippen molar-refractivity contribution in [3.8, 4) is 0 Å². The molecule has 2 aliphatic rings. The van der Waals surface area contributed by atoms with Crippen molar-refractivity contribution >= 4 is 23.6 Å². The van der Waals surface area contributed by atoms with Crippen molar-refractivity contribution in [2.45, 2.75) is 32.7 Å². The van der Waals surface area contributed by atoms with E-state index in [2.05, 4.69) is 22.2 Å². The highest BCUT2D eigenvalue weighted by molar-refractivity contribution is 6.01. The Hall–Kier alpha value is -3.20. The number of nitrogens with two attached hydrogens (primary N) is 1. The third-order valence-electron chi connectivity index (χ3n) is 5.82. The van der Waals surface area contributed by atoms with Gasteiger partial charge in [0.05, 0.1) is 18.9 Å². The highest BCUT2D eigenvalue weighted by Gasteiger charge is 2.30. The molecule has 170 valence electrons. The van der Waals surface area contributed by atoms with E-state index in [9.17, 15) is 9.59 Å². The van der Waals surface area contributed by atoms with Gasteiger partial charge in [0, 0.05) is 44.7 Å². The van der Waals surface area contributed by atoms with Gasteiger partial charge in [0.25, 0.3) is 11.8 Å². The average Bonchev–Trinajstić information content (AvgIpc) is 2.81. The molecule has 1 fully saturated rings. The minimum atomic E-state index is -0.0984.